The molecule has 1 N–H and O–H groups in total. The average Bonchev–Trinajstić information content (AvgIpc) is 2.28. The lowest BCUT2D eigenvalue weighted by Crippen LogP contribution is -2.50. The Hall–Kier alpha value is -1.36. The molecule has 0 spiro atoms. The van der Waals surface area contributed by atoms with Gasteiger partial charge in [0.1, 0.15) is 0 Å². The first kappa shape index (κ1) is 13.7. The average molecular weight is 240 g/mol. The molecule has 1 amide bonds. The van der Waals surface area contributed by atoms with Gasteiger partial charge in [0, 0.05) is 31.8 Å². The molecule has 1 aliphatic rings. The quantitative estimate of drug-likeness (QED) is 0.730. The molecule has 0 aromatic carbocycles. The molecule has 17 heavy (non-hydrogen) atoms. The van der Waals surface area contributed by atoms with E-state index in [-0.39, 0.29) is 12.5 Å². The Balaban J connectivity index is 2.44. The number of carboxylic acids is 1. The smallest absolute Gasteiger partial charge is 0.317 e. The predicted octanol–water partition coefficient (Wildman–Crippen LogP) is 0.572. The van der Waals surface area contributed by atoms with Crippen molar-refractivity contribution in [2.24, 2.45) is 0 Å². The highest BCUT2D eigenvalue weighted by Gasteiger charge is 2.22. The zero-order valence-electron chi connectivity index (χ0n) is 10.5. The summed E-state index contributed by atoms with van der Waals surface area (Å²) in [6.45, 7) is 6.39. The van der Waals surface area contributed by atoms with Crippen LogP contribution in [0.4, 0.5) is 0 Å². The minimum atomic E-state index is -0.813. The molecule has 1 fully saturated rings. The topological polar surface area (TPSA) is 60.9 Å². The third-order valence-corrected chi connectivity index (χ3v) is 2.87. The summed E-state index contributed by atoms with van der Waals surface area (Å²) in [6.07, 6.45) is 2.78. The molecule has 96 valence electrons. The molecule has 0 saturated carbocycles. The maximum absolute atomic E-state index is 11.9. The normalized spacial score (nSPS) is 18.2. The van der Waals surface area contributed by atoms with E-state index in [1.807, 2.05) is 24.8 Å². The van der Waals surface area contributed by atoms with Crippen molar-refractivity contribution in [3.63, 3.8) is 0 Å². The summed E-state index contributed by atoms with van der Waals surface area (Å²) in [5.41, 5.74) is 0.777. The van der Waals surface area contributed by atoms with Gasteiger partial charge in [-0.3, -0.25) is 14.5 Å². The zero-order valence-corrected chi connectivity index (χ0v) is 10.5. The Morgan fingerprint density at radius 3 is 2.29 bits per heavy atom. The van der Waals surface area contributed by atoms with E-state index in [0.29, 0.717) is 26.2 Å². The van der Waals surface area contributed by atoms with Gasteiger partial charge in [0.2, 0.25) is 5.91 Å². The Kier molecular flexibility index (Phi) is 5.15. The summed E-state index contributed by atoms with van der Waals surface area (Å²) in [4.78, 5) is 26.1. The summed E-state index contributed by atoms with van der Waals surface area (Å²) in [7, 11) is 0. The van der Waals surface area contributed by atoms with E-state index in [9.17, 15) is 9.59 Å². The highest BCUT2D eigenvalue weighted by Crippen LogP contribution is 2.07. The fourth-order valence-electron chi connectivity index (χ4n) is 1.94. The highest BCUT2D eigenvalue weighted by atomic mass is 16.4. The molecule has 1 rings (SSSR count). The number of allylic oxidation sites excluding steroid dienone is 1. The second kappa shape index (κ2) is 6.39. The lowest BCUT2D eigenvalue weighted by molar-refractivity contribution is -0.139. The van der Waals surface area contributed by atoms with Crippen molar-refractivity contribution in [2.75, 3.05) is 32.7 Å². The van der Waals surface area contributed by atoms with Gasteiger partial charge in [-0.25, -0.2) is 0 Å². The third kappa shape index (κ3) is 4.19. The molecule has 0 atom stereocenters. The minimum absolute atomic E-state index is 0.0613. The van der Waals surface area contributed by atoms with Crippen molar-refractivity contribution in [1.82, 2.24) is 9.80 Å². The Bertz CT molecular complexity index is 318. The summed E-state index contributed by atoms with van der Waals surface area (Å²) in [6, 6.07) is 0. The van der Waals surface area contributed by atoms with Crippen molar-refractivity contribution >= 4 is 11.9 Å². The number of piperazine rings is 1. The fourth-order valence-corrected chi connectivity index (χ4v) is 1.94. The van der Waals surface area contributed by atoms with Crippen LogP contribution in [-0.4, -0.2) is 59.5 Å². The highest BCUT2D eigenvalue weighted by molar-refractivity contribution is 5.92. The Morgan fingerprint density at radius 2 is 1.82 bits per heavy atom. The first-order chi connectivity index (χ1) is 8.04. The van der Waals surface area contributed by atoms with Crippen LogP contribution in [0.25, 0.3) is 0 Å². The van der Waals surface area contributed by atoms with E-state index >= 15 is 0 Å². The van der Waals surface area contributed by atoms with Gasteiger partial charge in [-0.1, -0.05) is 13.0 Å². The lowest BCUT2D eigenvalue weighted by Gasteiger charge is -2.34. The first-order valence-corrected chi connectivity index (χ1v) is 5.94. The number of aliphatic carboxylic acids is 1. The Labute approximate surface area is 102 Å². The molecule has 0 aromatic rings. The van der Waals surface area contributed by atoms with Crippen LogP contribution in [0.15, 0.2) is 11.6 Å². The van der Waals surface area contributed by atoms with Gasteiger partial charge in [-0.15, -0.1) is 0 Å². The van der Waals surface area contributed by atoms with Crippen LogP contribution in [-0.2, 0) is 9.59 Å². The molecular formula is C12H20N2O3. The van der Waals surface area contributed by atoms with Crippen LogP contribution < -0.4 is 0 Å². The van der Waals surface area contributed by atoms with Crippen molar-refractivity contribution in [3.8, 4) is 0 Å². The van der Waals surface area contributed by atoms with Gasteiger partial charge in [-0.2, -0.15) is 0 Å². The molecule has 5 nitrogen and oxygen atoms in total. The molecule has 0 aliphatic carbocycles. The van der Waals surface area contributed by atoms with Gasteiger partial charge >= 0.3 is 5.97 Å². The van der Waals surface area contributed by atoms with Crippen LogP contribution in [0.3, 0.4) is 0 Å². The van der Waals surface area contributed by atoms with E-state index in [4.69, 9.17) is 5.11 Å². The summed E-state index contributed by atoms with van der Waals surface area (Å²) < 4.78 is 0. The number of nitrogens with zero attached hydrogens (tertiary/aromatic N) is 2. The number of hydrogen-bond acceptors (Lipinski definition) is 3. The molecular weight excluding hydrogens is 220 g/mol. The van der Waals surface area contributed by atoms with Crippen LogP contribution in [0, 0.1) is 0 Å². The van der Waals surface area contributed by atoms with E-state index in [0.717, 1.165) is 12.0 Å². The Morgan fingerprint density at radius 1 is 1.24 bits per heavy atom. The molecule has 1 saturated heterocycles. The number of rotatable bonds is 4. The van der Waals surface area contributed by atoms with Gasteiger partial charge in [0.15, 0.2) is 0 Å². The summed E-state index contributed by atoms with van der Waals surface area (Å²) in [5, 5.41) is 8.67. The number of amides is 1. The van der Waals surface area contributed by atoms with Gasteiger partial charge in [-0.05, 0) is 13.3 Å². The maximum Gasteiger partial charge on any atom is 0.317 e. The van der Waals surface area contributed by atoms with Crippen molar-refractivity contribution in [1.29, 1.82) is 0 Å². The molecule has 1 heterocycles. The lowest BCUT2D eigenvalue weighted by atomic mass is 10.2. The van der Waals surface area contributed by atoms with Crippen molar-refractivity contribution < 1.29 is 14.7 Å². The summed E-state index contributed by atoms with van der Waals surface area (Å²) >= 11 is 0. The third-order valence-electron chi connectivity index (χ3n) is 2.87. The van der Waals surface area contributed by atoms with Crippen LogP contribution in [0.5, 0.6) is 0 Å². The van der Waals surface area contributed by atoms with Gasteiger partial charge in [0.05, 0.1) is 6.54 Å². The summed E-state index contributed by atoms with van der Waals surface area (Å²) in [5.74, 6) is -0.742. The standard InChI is InChI=1S/C12H20N2O3/c1-3-4-10(2)12(17)14-7-5-13(6-8-14)9-11(15)16/h4H,3,5-9H2,1-2H3,(H,15,16). The van der Waals surface area contributed by atoms with Crippen LogP contribution in [0.2, 0.25) is 0 Å². The number of carboxylic acid groups (broad SMARTS) is 1. The number of hydrogen-bond donors (Lipinski definition) is 1. The second-order valence-corrected chi connectivity index (χ2v) is 4.26. The maximum atomic E-state index is 11.9. The molecule has 0 aromatic heterocycles. The monoisotopic (exact) mass is 240 g/mol. The molecule has 1 aliphatic heterocycles. The second-order valence-electron chi connectivity index (χ2n) is 4.26. The number of carbonyl (C=O) groups excluding carboxylic acids is 1. The van der Waals surface area contributed by atoms with E-state index in [1.54, 1.807) is 4.90 Å². The molecule has 0 radical (unpaired) electrons. The largest absolute Gasteiger partial charge is 0.480 e. The van der Waals surface area contributed by atoms with Crippen molar-refractivity contribution in [3.05, 3.63) is 11.6 Å². The van der Waals surface area contributed by atoms with Crippen LogP contribution in [0.1, 0.15) is 20.3 Å². The molecule has 0 unspecified atom stereocenters. The molecule has 0 bridgehead atoms. The minimum Gasteiger partial charge on any atom is -0.480 e. The van der Waals surface area contributed by atoms with E-state index in [1.165, 1.54) is 0 Å². The van der Waals surface area contributed by atoms with Crippen LogP contribution >= 0.6 is 0 Å². The SMILES string of the molecule is CCC=C(C)C(=O)N1CCN(CC(=O)O)CC1. The molecule has 5 heteroatoms. The fraction of sp³-hybridized carbons (Fsp3) is 0.667. The van der Waals surface area contributed by atoms with Gasteiger partial charge < -0.3 is 10.0 Å². The van der Waals surface area contributed by atoms with E-state index in [2.05, 4.69) is 0 Å². The van der Waals surface area contributed by atoms with Crippen molar-refractivity contribution in [2.45, 2.75) is 20.3 Å². The first-order valence-electron chi connectivity index (χ1n) is 5.94. The number of carbonyl (C=O) groups is 2. The predicted molar refractivity (Wildman–Crippen MR) is 64.7 cm³/mol. The van der Waals surface area contributed by atoms with Gasteiger partial charge in [0.25, 0.3) is 0 Å². The zero-order chi connectivity index (χ0) is 12.8. The van der Waals surface area contributed by atoms with E-state index < -0.39 is 5.97 Å².